The highest BCUT2D eigenvalue weighted by molar-refractivity contribution is 9.10. The van der Waals surface area contributed by atoms with Crippen LogP contribution in [0, 0.1) is 0 Å². The first-order valence-corrected chi connectivity index (χ1v) is 7.75. The number of fused-ring (bicyclic) bond motifs is 1. The molecule has 0 fully saturated rings. The van der Waals surface area contributed by atoms with Crippen molar-refractivity contribution >= 4 is 39.1 Å². The Labute approximate surface area is 126 Å². The van der Waals surface area contributed by atoms with Crippen LogP contribution in [-0.2, 0) is 13.0 Å². The Hall–Kier alpha value is 0.0400. The summed E-state index contributed by atoms with van der Waals surface area (Å²) in [6, 6.07) is 4.20. The zero-order valence-electron chi connectivity index (χ0n) is 10.2. The third-order valence-corrected chi connectivity index (χ3v) is 4.76. The quantitative estimate of drug-likeness (QED) is 0.815. The van der Waals surface area contributed by atoms with Gasteiger partial charge >= 0.3 is 0 Å². The zero-order valence-corrected chi connectivity index (χ0v) is 13.3. The van der Waals surface area contributed by atoms with E-state index in [1.807, 2.05) is 6.92 Å². The fourth-order valence-electron chi connectivity index (χ4n) is 1.92. The van der Waals surface area contributed by atoms with Gasteiger partial charge in [-0.3, -0.25) is 0 Å². The Bertz CT molecular complexity index is 435. The van der Waals surface area contributed by atoms with E-state index in [4.69, 9.17) is 27.9 Å². The SMILES string of the molecule is CC(CCl)(CCl)NCc1cc(Br)cc2c1OCC2. The summed E-state index contributed by atoms with van der Waals surface area (Å²) in [6.07, 6.45) is 0.976. The largest absolute Gasteiger partial charge is 0.493 e. The molecule has 0 saturated heterocycles. The predicted molar refractivity (Wildman–Crippen MR) is 80.0 cm³/mol. The normalized spacial score (nSPS) is 14.4. The lowest BCUT2D eigenvalue weighted by molar-refractivity contribution is 0.349. The van der Waals surface area contributed by atoms with E-state index in [9.17, 15) is 0 Å². The lowest BCUT2D eigenvalue weighted by atomic mass is 10.1. The molecule has 18 heavy (non-hydrogen) atoms. The Kier molecular flexibility index (Phi) is 4.81. The minimum Gasteiger partial charge on any atom is -0.493 e. The van der Waals surface area contributed by atoms with Gasteiger partial charge in [-0.15, -0.1) is 23.2 Å². The second-order valence-corrected chi connectivity index (χ2v) is 6.28. The van der Waals surface area contributed by atoms with E-state index in [0.717, 1.165) is 28.8 Å². The Morgan fingerprint density at radius 2 is 2.11 bits per heavy atom. The first-order chi connectivity index (χ1) is 8.58. The van der Waals surface area contributed by atoms with Crippen LogP contribution < -0.4 is 10.1 Å². The Morgan fingerprint density at radius 3 is 2.78 bits per heavy atom. The summed E-state index contributed by atoms with van der Waals surface area (Å²) in [6.45, 7) is 3.49. The maximum absolute atomic E-state index is 5.94. The summed E-state index contributed by atoms with van der Waals surface area (Å²) in [5.41, 5.74) is 2.16. The summed E-state index contributed by atoms with van der Waals surface area (Å²) in [7, 11) is 0. The average molecular weight is 353 g/mol. The molecule has 0 aromatic heterocycles. The van der Waals surface area contributed by atoms with E-state index >= 15 is 0 Å². The highest BCUT2D eigenvalue weighted by Gasteiger charge is 2.23. The lowest BCUT2D eigenvalue weighted by Gasteiger charge is -2.26. The molecule has 1 heterocycles. The van der Waals surface area contributed by atoms with Crippen LogP contribution in [0.2, 0.25) is 0 Å². The van der Waals surface area contributed by atoms with Gasteiger partial charge in [0, 0.05) is 40.3 Å². The third-order valence-electron chi connectivity index (χ3n) is 3.12. The maximum Gasteiger partial charge on any atom is 0.127 e. The van der Waals surface area contributed by atoms with Gasteiger partial charge in [0.25, 0.3) is 0 Å². The molecular formula is C13H16BrCl2NO. The average Bonchev–Trinajstić information content (AvgIpc) is 2.83. The molecule has 0 bridgehead atoms. The van der Waals surface area contributed by atoms with E-state index < -0.39 is 0 Å². The van der Waals surface area contributed by atoms with Crippen molar-refractivity contribution in [2.45, 2.75) is 25.4 Å². The van der Waals surface area contributed by atoms with Crippen LogP contribution in [0.4, 0.5) is 0 Å². The standard InChI is InChI=1S/C13H16BrCl2NO/c1-13(7-15,8-16)17-6-10-5-11(14)4-9-2-3-18-12(9)10/h4-5,17H,2-3,6-8H2,1H3. The van der Waals surface area contributed by atoms with Gasteiger partial charge in [-0.05, 0) is 24.6 Å². The van der Waals surface area contributed by atoms with Crippen molar-refractivity contribution in [1.29, 1.82) is 0 Å². The van der Waals surface area contributed by atoms with Gasteiger partial charge in [-0.25, -0.2) is 0 Å². The Morgan fingerprint density at radius 1 is 1.39 bits per heavy atom. The number of hydrogen-bond donors (Lipinski definition) is 1. The molecule has 0 spiro atoms. The summed E-state index contributed by atoms with van der Waals surface area (Å²) >= 11 is 15.4. The van der Waals surface area contributed by atoms with Crippen molar-refractivity contribution in [2.24, 2.45) is 0 Å². The molecule has 100 valence electrons. The fourth-order valence-corrected chi connectivity index (χ4v) is 2.94. The van der Waals surface area contributed by atoms with Crippen molar-refractivity contribution in [2.75, 3.05) is 18.4 Å². The van der Waals surface area contributed by atoms with Crippen LogP contribution in [0.15, 0.2) is 16.6 Å². The van der Waals surface area contributed by atoms with Crippen LogP contribution in [-0.4, -0.2) is 23.9 Å². The van der Waals surface area contributed by atoms with Gasteiger partial charge in [0.2, 0.25) is 0 Å². The molecule has 1 aliphatic rings. The van der Waals surface area contributed by atoms with Gasteiger partial charge < -0.3 is 10.1 Å². The summed E-state index contributed by atoms with van der Waals surface area (Å²) in [5, 5.41) is 3.40. The highest BCUT2D eigenvalue weighted by atomic mass is 79.9. The topological polar surface area (TPSA) is 21.3 Å². The molecule has 1 aromatic carbocycles. The number of ether oxygens (including phenoxy) is 1. The minimum atomic E-state index is -0.253. The molecular weight excluding hydrogens is 337 g/mol. The molecule has 0 radical (unpaired) electrons. The number of alkyl halides is 2. The molecule has 1 N–H and O–H groups in total. The number of benzene rings is 1. The maximum atomic E-state index is 5.94. The second kappa shape index (κ2) is 6.00. The molecule has 2 nitrogen and oxygen atoms in total. The lowest BCUT2D eigenvalue weighted by Crippen LogP contribution is -2.45. The van der Waals surface area contributed by atoms with Gasteiger partial charge in [0.05, 0.1) is 6.61 Å². The fraction of sp³-hybridized carbons (Fsp3) is 0.538. The summed E-state index contributed by atoms with van der Waals surface area (Å²) in [5.74, 6) is 1.97. The van der Waals surface area contributed by atoms with Crippen molar-refractivity contribution in [3.05, 3.63) is 27.7 Å². The highest BCUT2D eigenvalue weighted by Crippen LogP contribution is 2.33. The van der Waals surface area contributed by atoms with E-state index in [2.05, 4.69) is 33.4 Å². The van der Waals surface area contributed by atoms with Gasteiger partial charge in [0.1, 0.15) is 5.75 Å². The minimum absolute atomic E-state index is 0.253. The Balaban J connectivity index is 2.15. The molecule has 1 aliphatic heterocycles. The number of hydrogen-bond acceptors (Lipinski definition) is 2. The molecule has 2 rings (SSSR count). The molecule has 0 unspecified atom stereocenters. The first kappa shape index (κ1) is 14.4. The van der Waals surface area contributed by atoms with E-state index in [1.165, 1.54) is 5.56 Å². The molecule has 0 saturated carbocycles. The summed E-state index contributed by atoms with van der Waals surface area (Å²) < 4.78 is 6.78. The van der Waals surface area contributed by atoms with Crippen LogP contribution in [0.3, 0.4) is 0 Å². The van der Waals surface area contributed by atoms with Crippen molar-refractivity contribution < 1.29 is 4.74 Å². The third kappa shape index (κ3) is 3.13. The smallest absolute Gasteiger partial charge is 0.127 e. The van der Waals surface area contributed by atoms with E-state index in [-0.39, 0.29) is 5.54 Å². The molecule has 1 aromatic rings. The van der Waals surface area contributed by atoms with Gasteiger partial charge in [0.15, 0.2) is 0 Å². The first-order valence-electron chi connectivity index (χ1n) is 5.89. The van der Waals surface area contributed by atoms with Crippen LogP contribution in [0.25, 0.3) is 0 Å². The monoisotopic (exact) mass is 351 g/mol. The molecule has 0 aliphatic carbocycles. The van der Waals surface area contributed by atoms with Crippen LogP contribution in [0.1, 0.15) is 18.1 Å². The van der Waals surface area contributed by atoms with Gasteiger partial charge in [-0.2, -0.15) is 0 Å². The number of nitrogens with one attached hydrogen (secondary N) is 1. The van der Waals surface area contributed by atoms with E-state index in [1.54, 1.807) is 0 Å². The summed E-state index contributed by atoms with van der Waals surface area (Å²) in [4.78, 5) is 0. The molecule has 5 heteroatoms. The van der Waals surface area contributed by atoms with Crippen molar-refractivity contribution in [1.82, 2.24) is 5.32 Å². The van der Waals surface area contributed by atoms with Crippen LogP contribution in [0.5, 0.6) is 5.75 Å². The van der Waals surface area contributed by atoms with Crippen LogP contribution >= 0.6 is 39.1 Å². The van der Waals surface area contributed by atoms with Crippen molar-refractivity contribution in [3.63, 3.8) is 0 Å². The zero-order chi connectivity index (χ0) is 13.2. The predicted octanol–water partition coefficient (Wildman–Crippen LogP) is 3.71. The molecule has 0 atom stereocenters. The number of rotatable bonds is 5. The van der Waals surface area contributed by atoms with E-state index in [0.29, 0.717) is 18.3 Å². The second-order valence-electron chi connectivity index (χ2n) is 4.83. The molecule has 0 amide bonds. The number of halogens is 3. The van der Waals surface area contributed by atoms with Crippen molar-refractivity contribution in [3.8, 4) is 5.75 Å². The van der Waals surface area contributed by atoms with Gasteiger partial charge in [-0.1, -0.05) is 15.9 Å².